The molecule has 0 aliphatic heterocycles. The summed E-state index contributed by atoms with van der Waals surface area (Å²) in [6.07, 6.45) is 47.4. The third-order valence-electron chi connectivity index (χ3n) is 9.10. The summed E-state index contributed by atoms with van der Waals surface area (Å²) in [6.45, 7) is 9.24. The van der Waals surface area contributed by atoms with Gasteiger partial charge in [0.1, 0.15) is 6.23 Å². The van der Waals surface area contributed by atoms with Gasteiger partial charge < -0.3 is 14.6 Å². The summed E-state index contributed by atoms with van der Waals surface area (Å²) in [4.78, 5) is 0. The van der Waals surface area contributed by atoms with Gasteiger partial charge in [-0.25, -0.2) is 0 Å². The number of unbranched alkanes of at least 4 members (excludes halogenated alkanes) is 24. The molecule has 0 saturated carbocycles. The Morgan fingerprint density at radius 2 is 0.804 bits per heavy atom. The Hall–Kier alpha value is -0.680. The maximum atomic E-state index is 9.20. The Bertz CT molecular complexity index is 608. The van der Waals surface area contributed by atoms with Crippen LogP contribution in [0.1, 0.15) is 207 Å². The van der Waals surface area contributed by atoms with E-state index in [1.165, 1.54) is 167 Å². The van der Waals surface area contributed by atoms with E-state index in [0.29, 0.717) is 0 Å². The van der Waals surface area contributed by atoms with Crippen molar-refractivity contribution < 1.29 is 14.6 Å². The van der Waals surface area contributed by atoms with Gasteiger partial charge in [-0.15, -0.1) is 0 Å². The molecular formula is C42H83NO3. The Morgan fingerprint density at radius 3 is 1.20 bits per heavy atom. The molecule has 0 saturated heterocycles. The van der Waals surface area contributed by atoms with Crippen molar-refractivity contribution in [2.45, 2.75) is 219 Å². The summed E-state index contributed by atoms with van der Waals surface area (Å²) in [7, 11) is 0. The second kappa shape index (κ2) is 40.5. The Morgan fingerprint density at radius 1 is 0.457 bits per heavy atom. The number of ether oxygens (including phenoxy) is 2. The molecule has 0 aliphatic carbocycles. The lowest BCUT2D eigenvalue weighted by atomic mass is 10.1. The van der Waals surface area contributed by atoms with Crippen molar-refractivity contribution in [3.63, 3.8) is 0 Å². The predicted octanol–water partition coefficient (Wildman–Crippen LogP) is 12.8. The molecule has 0 aromatic rings. The summed E-state index contributed by atoms with van der Waals surface area (Å²) >= 11 is 0. The lowest BCUT2D eigenvalue weighted by molar-refractivity contribution is -0.0817. The van der Waals surface area contributed by atoms with E-state index >= 15 is 0 Å². The van der Waals surface area contributed by atoms with Crippen LogP contribution in [0.25, 0.3) is 0 Å². The number of aliphatic hydroxyl groups is 1. The molecule has 0 aliphatic rings. The van der Waals surface area contributed by atoms with Crippen molar-refractivity contribution in [3.05, 3.63) is 24.3 Å². The van der Waals surface area contributed by atoms with E-state index in [1.54, 1.807) is 0 Å². The first kappa shape index (κ1) is 45.3. The third-order valence-corrected chi connectivity index (χ3v) is 9.10. The molecule has 46 heavy (non-hydrogen) atoms. The molecule has 2 atom stereocenters. The summed E-state index contributed by atoms with van der Waals surface area (Å²) in [5.74, 6) is 0. The fraction of sp³-hybridized carbons (Fsp3) is 0.905. The van der Waals surface area contributed by atoms with Gasteiger partial charge in [-0.2, -0.15) is 0 Å². The Balaban J connectivity index is 3.72. The maximum absolute atomic E-state index is 9.20. The van der Waals surface area contributed by atoms with Crippen LogP contribution in [0.3, 0.4) is 0 Å². The topological polar surface area (TPSA) is 50.7 Å². The average molecular weight is 650 g/mol. The highest BCUT2D eigenvalue weighted by molar-refractivity contribution is 4.82. The van der Waals surface area contributed by atoms with Crippen LogP contribution in [0.5, 0.6) is 0 Å². The van der Waals surface area contributed by atoms with E-state index in [0.717, 1.165) is 39.0 Å². The monoisotopic (exact) mass is 650 g/mol. The fourth-order valence-electron chi connectivity index (χ4n) is 5.95. The molecule has 0 radical (unpaired) electrons. The van der Waals surface area contributed by atoms with Crippen molar-refractivity contribution in [2.24, 2.45) is 0 Å². The first-order valence-corrected chi connectivity index (χ1v) is 20.6. The molecule has 0 spiro atoms. The fourth-order valence-corrected chi connectivity index (χ4v) is 5.95. The summed E-state index contributed by atoms with van der Waals surface area (Å²) in [5.41, 5.74) is 0. The van der Waals surface area contributed by atoms with Crippen LogP contribution in [0, 0.1) is 0 Å². The van der Waals surface area contributed by atoms with Crippen LogP contribution in [-0.4, -0.2) is 43.8 Å². The molecule has 274 valence electrons. The van der Waals surface area contributed by atoms with Gasteiger partial charge in [0, 0.05) is 19.8 Å². The van der Waals surface area contributed by atoms with Crippen LogP contribution < -0.4 is 5.32 Å². The molecule has 0 fully saturated rings. The van der Waals surface area contributed by atoms with Crippen molar-refractivity contribution in [1.82, 2.24) is 5.32 Å². The quantitative estimate of drug-likeness (QED) is 0.0395. The van der Waals surface area contributed by atoms with Crippen LogP contribution in [0.2, 0.25) is 0 Å². The van der Waals surface area contributed by atoms with Gasteiger partial charge in [-0.05, 0) is 84.1 Å². The van der Waals surface area contributed by atoms with Crippen molar-refractivity contribution in [1.29, 1.82) is 0 Å². The molecule has 0 amide bonds. The molecule has 4 nitrogen and oxygen atoms in total. The number of rotatable bonds is 39. The van der Waals surface area contributed by atoms with Crippen molar-refractivity contribution in [2.75, 3.05) is 26.4 Å². The van der Waals surface area contributed by atoms with Crippen LogP contribution in [0.4, 0.5) is 0 Å². The van der Waals surface area contributed by atoms with Crippen molar-refractivity contribution in [3.8, 4) is 0 Å². The first-order valence-electron chi connectivity index (χ1n) is 20.6. The van der Waals surface area contributed by atoms with Gasteiger partial charge in [0.15, 0.2) is 0 Å². The predicted molar refractivity (Wildman–Crippen MR) is 204 cm³/mol. The van der Waals surface area contributed by atoms with Gasteiger partial charge in [0.25, 0.3) is 0 Å². The first-order chi connectivity index (χ1) is 22.8. The number of hydrogen-bond donors (Lipinski definition) is 2. The Labute approximate surface area is 289 Å². The smallest absolute Gasteiger partial charge is 0.134 e. The summed E-state index contributed by atoms with van der Waals surface area (Å²) < 4.78 is 12.4. The highest BCUT2D eigenvalue weighted by atomic mass is 16.5. The zero-order chi connectivity index (χ0) is 33.4. The SMILES string of the molecule is CCCCCCCC/C=C\CCCCCCCCOC(C)C(NCCCO)OCCCCCCCC/C=C\CCCCCCCC. The van der Waals surface area contributed by atoms with E-state index in [2.05, 4.69) is 50.4 Å². The van der Waals surface area contributed by atoms with E-state index in [4.69, 9.17) is 9.47 Å². The molecule has 4 heteroatoms. The molecule has 2 unspecified atom stereocenters. The van der Waals surface area contributed by atoms with E-state index in [9.17, 15) is 5.11 Å². The zero-order valence-corrected chi connectivity index (χ0v) is 31.6. The van der Waals surface area contributed by atoms with E-state index in [1.807, 2.05) is 0 Å². The second-order valence-electron chi connectivity index (χ2n) is 13.8. The highest BCUT2D eigenvalue weighted by Gasteiger charge is 2.17. The summed E-state index contributed by atoms with van der Waals surface area (Å²) in [6, 6.07) is 0. The molecule has 0 aromatic heterocycles. The second-order valence-corrected chi connectivity index (χ2v) is 13.8. The highest BCUT2D eigenvalue weighted by Crippen LogP contribution is 2.13. The van der Waals surface area contributed by atoms with E-state index in [-0.39, 0.29) is 18.9 Å². The minimum atomic E-state index is -0.0937. The van der Waals surface area contributed by atoms with Gasteiger partial charge in [0.05, 0.1) is 6.10 Å². The standard InChI is InChI=1S/C42H83NO3/c1-4-6-8-10-12-14-16-18-20-22-24-26-28-30-32-34-39-45-41(3)42(43-37-36-38-44)46-40-35-33-31-29-27-25-23-21-19-17-15-13-11-9-7-5-2/h18-21,41-44H,4-17,22-40H2,1-3H3/b20-18-,21-19-. The molecule has 0 bridgehead atoms. The number of nitrogens with one attached hydrogen (secondary N) is 1. The maximum Gasteiger partial charge on any atom is 0.134 e. The molecule has 0 aromatic carbocycles. The Kier molecular flexibility index (Phi) is 39.9. The van der Waals surface area contributed by atoms with Crippen LogP contribution >= 0.6 is 0 Å². The van der Waals surface area contributed by atoms with Gasteiger partial charge in [-0.1, -0.05) is 154 Å². The van der Waals surface area contributed by atoms with Crippen molar-refractivity contribution >= 4 is 0 Å². The van der Waals surface area contributed by atoms with Gasteiger partial charge in [-0.3, -0.25) is 5.32 Å². The largest absolute Gasteiger partial charge is 0.396 e. The molecular weight excluding hydrogens is 566 g/mol. The normalized spacial score (nSPS) is 13.4. The third kappa shape index (κ3) is 36.2. The zero-order valence-electron chi connectivity index (χ0n) is 31.6. The lowest BCUT2D eigenvalue weighted by Gasteiger charge is -2.26. The molecule has 0 heterocycles. The average Bonchev–Trinajstić information content (AvgIpc) is 3.06. The minimum Gasteiger partial charge on any atom is -0.396 e. The number of hydrogen-bond acceptors (Lipinski definition) is 4. The minimum absolute atomic E-state index is 0.0240. The molecule has 2 N–H and O–H groups in total. The van der Waals surface area contributed by atoms with Crippen LogP contribution in [0.15, 0.2) is 24.3 Å². The molecule has 0 rings (SSSR count). The van der Waals surface area contributed by atoms with Gasteiger partial charge in [0.2, 0.25) is 0 Å². The van der Waals surface area contributed by atoms with Crippen LogP contribution in [-0.2, 0) is 9.47 Å². The lowest BCUT2D eigenvalue weighted by Crippen LogP contribution is -2.43. The van der Waals surface area contributed by atoms with Gasteiger partial charge >= 0.3 is 0 Å². The number of allylic oxidation sites excluding steroid dienone is 4. The van der Waals surface area contributed by atoms with E-state index < -0.39 is 0 Å². The summed E-state index contributed by atoms with van der Waals surface area (Å²) in [5, 5.41) is 12.7. The number of aliphatic hydroxyl groups excluding tert-OH is 1.